The number of benzene rings is 2. The van der Waals surface area contributed by atoms with Crippen LogP contribution in [0.1, 0.15) is 25.0 Å². The SMILES string of the molecule is CC[N+](CC)=C1C=CC(=C2C=C(c3ccccc3)C=C(c3ccccc3)S2)C=C1. The molecular formula is C27H26NS+. The van der Waals surface area contributed by atoms with Gasteiger partial charge in [-0.2, -0.15) is 0 Å². The van der Waals surface area contributed by atoms with Crippen LogP contribution in [0.4, 0.5) is 0 Å². The monoisotopic (exact) mass is 396 g/mol. The summed E-state index contributed by atoms with van der Waals surface area (Å²) in [6.45, 7) is 6.46. The summed E-state index contributed by atoms with van der Waals surface area (Å²) in [4.78, 5) is 2.58. The first-order valence-corrected chi connectivity index (χ1v) is 11.0. The highest BCUT2D eigenvalue weighted by molar-refractivity contribution is 8.12. The first-order valence-electron chi connectivity index (χ1n) is 10.2. The summed E-state index contributed by atoms with van der Waals surface area (Å²) in [5.74, 6) is 0. The van der Waals surface area contributed by atoms with E-state index in [9.17, 15) is 0 Å². The Morgan fingerprint density at radius 3 is 1.86 bits per heavy atom. The van der Waals surface area contributed by atoms with Crippen molar-refractivity contribution in [2.45, 2.75) is 13.8 Å². The van der Waals surface area contributed by atoms with Crippen molar-refractivity contribution >= 4 is 28.0 Å². The van der Waals surface area contributed by atoms with E-state index in [1.807, 2.05) is 11.8 Å². The summed E-state index contributed by atoms with van der Waals surface area (Å²) in [5, 5.41) is 0. The molecule has 0 aromatic heterocycles. The van der Waals surface area contributed by atoms with Crippen LogP contribution >= 0.6 is 11.8 Å². The van der Waals surface area contributed by atoms with E-state index < -0.39 is 0 Å². The molecule has 29 heavy (non-hydrogen) atoms. The van der Waals surface area contributed by atoms with E-state index in [0.29, 0.717) is 0 Å². The summed E-state index contributed by atoms with van der Waals surface area (Å²) >= 11 is 1.85. The van der Waals surface area contributed by atoms with Gasteiger partial charge in [-0.15, -0.1) is 0 Å². The third kappa shape index (κ3) is 4.44. The maximum atomic E-state index is 2.38. The average molecular weight is 397 g/mol. The summed E-state index contributed by atoms with van der Waals surface area (Å²) in [5.41, 5.74) is 6.31. The fourth-order valence-electron chi connectivity index (χ4n) is 3.61. The van der Waals surface area contributed by atoms with Gasteiger partial charge < -0.3 is 0 Å². The molecule has 0 unspecified atom stereocenters. The van der Waals surface area contributed by atoms with Gasteiger partial charge in [-0.05, 0) is 60.4 Å². The highest BCUT2D eigenvalue weighted by atomic mass is 32.2. The summed E-state index contributed by atoms with van der Waals surface area (Å²) < 4.78 is 2.38. The Morgan fingerprint density at radius 2 is 1.28 bits per heavy atom. The van der Waals surface area contributed by atoms with Crippen molar-refractivity contribution in [3.05, 3.63) is 119 Å². The van der Waals surface area contributed by atoms with Crippen LogP contribution in [-0.4, -0.2) is 23.4 Å². The van der Waals surface area contributed by atoms with Gasteiger partial charge in [0.25, 0.3) is 0 Å². The number of hydrogen-bond acceptors (Lipinski definition) is 1. The quantitative estimate of drug-likeness (QED) is 0.518. The molecule has 2 aromatic rings. The number of nitrogens with zero attached hydrogens (tertiary/aromatic N) is 1. The zero-order valence-corrected chi connectivity index (χ0v) is 17.8. The second kappa shape index (κ2) is 9.11. The van der Waals surface area contributed by atoms with E-state index in [1.165, 1.54) is 37.8 Å². The largest absolute Gasteiger partial charge is 0.231 e. The Bertz CT molecular complexity index is 1040. The van der Waals surface area contributed by atoms with Gasteiger partial charge in [-0.1, -0.05) is 72.4 Å². The Labute approximate surface area is 178 Å². The number of rotatable bonds is 4. The van der Waals surface area contributed by atoms with Gasteiger partial charge in [0.15, 0.2) is 5.71 Å². The lowest BCUT2D eigenvalue weighted by molar-refractivity contribution is -0.519. The summed E-state index contributed by atoms with van der Waals surface area (Å²) in [6.07, 6.45) is 13.6. The fourth-order valence-corrected chi connectivity index (χ4v) is 4.73. The lowest BCUT2D eigenvalue weighted by atomic mass is 10.0. The van der Waals surface area contributed by atoms with Gasteiger partial charge in [0, 0.05) is 22.0 Å². The Hall–Kier alpha value is -2.84. The van der Waals surface area contributed by atoms with Crippen LogP contribution in [0.5, 0.6) is 0 Å². The van der Waals surface area contributed by atoms with Crippen molar-refractivity contribution < 1.29 is 4.58 Å². The zero-order valence-electron chi connectivity index (χ0n) is 17.0. The molecule has 0 saturated heterocycles. The standard InChI is InChI=1S/C27H26NS/c1-3-28(4-2)25-17-15-23(16-18-25)27-20-24(21-11-7-5-8-12-21)19-26(29-27)22-13-9-6-10-14-22/h5-20H,3-4H2,1-2H3/q+1. The van der Waals surface area contributed by atoms with Gasteiger partial charge in [-0.3, -0.25) is 0 Å². The molecule has 4 rings (SSSR count). The van der Waals surface area contributed by atoms with Gasteiger partial charge >= 0.3 is 0 Å². The van der Waals surface area contributed by atoms with E-state index in [4.69, 9.17) is 0 Å². The molecule has 1 aliphatic heterocycles. The minimum Gasteiger partial charge on any atom is -0.231 e. The molecule has 0 saturated carbocycles. The van der Waals surface area contributed by atoms with E-state index in [2.05, 4.69) is 116 Å². The van der Waals surface area contributed by atoms with Crippen molar-refractivity contribution in [1.29, 1.82) is 0 Å². The third-order valence-corrected chi connectivity index (χ3v) is 6.39. The van der Waals surface area contributed by atoms with Gasteiger partial charge in [-0.25, -0.2) is 4.58 Å². The molecule has 1 aliphatic carbocycles. The highest BCUT2D eigenvalue weighted by Gasteiger charge is 2.17. The molecule has 0 spiro atoms. The zero-order chi connectivity index (χ0) is 20.1. The maximum absolute atomic E-state index is 2.38. The number of hydrogen-bond donors (Lipinski definition) is 0. The minimum atomic E-state index is 1.03. The summed E-state index contributed by atoms with van der Waals surface area (Å²) in [6, 6.07) is 21.3. The molecule has 0 atom stereocenters. The number of thioether (sulfide) groups is 1. The van der Waals surface area contributed by atoms with Crippen LogP contribution in [-0.2, 0) is 0 Å². The van der Waals surface area contributed by atoms with Crippen LogP contribution in [0.15, 0.2) is 108 Å². The lowest BCUT2D eigenvalue weighted by Gasteiger charge is -2.19. The molecule has 1 heterocycles. The average Bonchev–Trinajstić information content (AvgIpc) is 2.81. The van der Waals surface area contributed by atoms with Crippen LogP contribution in [0.3, 0.4) is 0 Å². The third-order valence-electron chi connectivity index (χ3n) is 5.24. The molecule has 144 valence electrons. The Balaban J connectivity index is 1.77. The molecule has 2 heteroatoms. The van der Waals surface area contributed by atoms with Crippen molar-refractivity contribution in [3.8, 4) is 0 Å². The predicted molar refractivity (Wildman–Crippen MR) is 128 cm³/mol. The van der Waals surface area contributed by atoms with Gasteiger partial charge in [0.05, 0.1) is 0 Å². The van der Waals surface area contributed by atoms with E-state index >= 15 is 0 Å². The van der Waals surface area contributed by atoms with Crippen molar-refractivity contribution in [1.82, 2.24) is 0 Å². The Kier molecular flexibility index (Phi) is 6.12. The minimum absolute atomic E-state index is 1.03. The van der Waals surface area contributed by atoms with E-state index in [1.54, 1.807) is 0 Å². The van der Waals surface area contributed by atoms with Crippen LogP contribution < -0.4 is 0 Å². The highest BCUT2D eigenvalue weighted by Crippen LogP contribution is 2.43. The van der Waals surface area contributed by atoms with Crippen molar-refractivity contribution in [2.75, 3.05) is 13.1 Å². The normalized spacial score (nSPS) is 16.0. The van der Waals surface area contributed by atoms with Crippen molar-refractivity contribution in [3.63, 3.8) is 0 Å². The molecule has 0 amide bonds. The molecule has 1 nitrogen and oxygen atoms in total. The van der Waals surface area contributed by atoms with Gasteiger partial charge in [0.2, 0.25) is 0 Å². The fraction of sp³-hybridized carbons (Fsp3) is 0.148. The molecule has 0 fully saturated rings. The van der Waals surface area contributed by atoms with E-state index in [-0.39, 0.29) is 0 Å². The topological polar surface area (TPSA) is 3.01 Å². The molecule has 0 radical (unpaired) electrons. The number of allylic oxidation sites excluding steroid dienone is 8. The smallest absolute Gasteiger partial charge is 0.199 e. The van der Waals surface area contributed by atoms with Gasteiger partial charge in [0.1, 0.15) is 13.1 Å². The maximum Gasteiger partial charge on any atom is 0.199 e. The second-order valence-electron chi connectivity index (χ2n) is 7.03. The first kappa shape index (κ1) is 19.5. The summed E-state index contributed by atoms with van der Waals surface area (Å²) in [7, 11) is 0. The first-order chi connectivity index (χ1) is 14.3. The molecule has 2 aromatic carbocycles. The molecule has 0 bridgehead atoms. The lowest BCUT2D eigenvalue weighted by Crippen LogP contribution is -2.19. The Morgan fingerprint density at radius 1 is 0.690 bits per heavy atom. The molecule has 2 aliphatic rings. The van der Waals surface area contributed by atoms with Crippen LogP contribution in [0, 0.1) is 0 Å². The molecule has 0 N–H and O–H groups in total. The predicted octanol–water partition coefficient (Wildman–Crippen LogP) is 6.73. The van der Waals surface area contributed by atoms with E-state index in [0.717, 1.165) is 13.1 Å². The van der Waals surface area contributed by atoms with Crippen molar-refractivity contribution in [2.24, 2.45) is 0 Å². The second-order valence-corrected chi connectivity index (χ2v) is 8.11. The van der Waals surface area contributed by atoms with Crippen LogP contribution in [0.2, 0.25) is 0 Å². The van der Waals surface area contributed by atoms with Crippen LogP contribution in [0.25, 0.3) is 10.5 Å². The molecular weight excluding hydrogens is 370 g/mol.